The van der Waals surface area contributed by atoms with Crippen molar-refractivity contribution in [2.75, 3.05) is 0 Å². The predicted molar refractivity (Wildman–Crippen MR) is 47.4 cm³/mol. The molecule has 0 rings (SSSR count). The van der Waals surface area contributed by atoms with Gasteiger partial charge in [0.05, 0.1) is 0 Å². The van der Waals surface area contributed by atoms with Gasteiger partial charge in [-0.1, -0.05) is 13.5 Å². The topological polar surface area (TPSA) is 43.4 Å². The molecule has 0 aliphatic carbocycles. The van der Waals surface area contributed by atoms with Crippen molar-refractivity contribution in [1.82, 2.24) is 0 Å². The molecule has 0 saturated carbocycles. The summed E-state index contributed by atoms with van der Waals surface area (Å²) in [4.78, 5) is 9.78. The van der Waals surface area contributed by atoms with Gasteiger partial charge in [-0.05, 0) is 0 Å². The first kappa shape index (κ1) is 18.6. The van der Waals surface area contributed by atoms with Crippen molar-refractivity contribution in [3.05, 3.63) is 25.1 Å². The molecule has 0 heterocycles. The second-order valence-electron chi connectivity index (χ2n) is 1.70. The molecule has 3 nitrogen and oxygen atoms in total. The van der Waals surface area contributed by atoms with Crippen LogP contribution in [0.5, 0.6) is 0 Å². The van der Waals surface area contributed by atoms with Gasteiger partial charge in [0.2, 0.25) is 0 Å². The molecule has 0 aromatic carbocycles. The Bertz CT molecular complexity index is 129. The number of esters is 1. The van der Waals surface area contributed by atoms with Crippen LogP contribution in [0.1, 0.15) is 20.3 Å². The number of rotatable bonds is 2. The molecular formula is C8H13ClCoO3-2. The fourth-order valence-electron chi connectivity index (χ4n) is 0.0589. The van der Waals surface area contributed by atoms with E-state index >= 15 is 0 Å². The summed E-state index contributed by atoms with van der Waals surface area (Å²) < 4.78 is 11.8. The summed E-state index contributed by atoms with van der Waals surface area (Å²) in [6.45, 7) is 7.05. The Balaban J connectivity index is -0.000000131. The zero-order valence-electron chi connectivity index (χ0n) is 7.63. The summed E-state index contributed by atoms with van der Waals surface area (Å²) in [7, 11) is 2.84. The van der Waals surface area contributed by atoms with Crippen LogP contribution in [0.25, 0.3) is 0 Å². The maximum absolute atomic E-state index is 9.78. The van der Waals surface area contributed by atoms with E-state index in [1.807, 2.05) is 13.8 Å². The molecular weight excluding hydrogens is 238 g/mol. The molecule has 0 spiro atoms. The summed E-state index contributed by atoms with van der Waals surface area (Å²) in [5.74, 6) is -0.505. The van der Waals surface area contributed by atoms with Crippen LogP contribution in [0.3, 0.4) is 0 Å². The number of carbonyl (C=O) groups is 1. The molecule has 0 fully saturated rings. The quantitative estimate of drug-likeness (QED) is 0.430. The molecule has 0 N–H and O–H groups in total. The molecule has 13 heavy (non-hydrogen) atoms. The van der Waals surface area contributed by atoms with Gasteiger partial charge in [-0.2, -0.15) is 20.5 Å². The van der Waals surface area contributed by atoms with E-state index in [9.17, 15) is 4.79 Å². The third-order valence-electron chi connectivity index (χ3n) is 0.796. The number of hydrogen-bond donors (Lipinski definition) is 0. The van der Waals surface area contributed by atoms with Gasteiger partial charge in [0.1, 0.15) is 0 Å². The van der Waals surface area contributed by atoms with E-state index in [0.717, 1.165) is 17.9 Å². The van der Waals surface area contributed by atoms with Crippen LogP contribution in [0, 0.1) is 12.5 Å². The van der Waals surface area contributed by atoms with Crippen LogP contribution in [0.4, 0.5) is 0 Å². The Labute approximate surface area is 92.3 Å². The van der Waals surface area contributed by atoms with E-state index in [1.54, 1.807) is 0 Å². The van der Waals surface area contributed by atoms with Gasteiger partial charge < -0.3 is 16.3 Å². The molecule has 0 unspecified atom stereocenters. The van der Waals surface area contributed by atoms with Crippen molar-refractivity contribution in [2.45, 2.75) is 20.3 Å². The molecule has 0 aromatic rings. The minimum absolute atomic E-state index is 0.505. The maximum atomic E-state index is 9.78. The number of hydrogen-bond acceptors (Lipinski definition) is 3. The zero-order valence-corrected chi connectivity index (χ0v) is 9.43. The Morgan fingerprint density at radius 2 is 2.08 bits per heavy atom. The van der Waals surface area contributed by atoms with Gasteiger partial charge in [0, 0.05) is 6.08 Å². The van der Waals surface area contributed by atoms with Crippen LogP contribution in [0.15, 0.2) is 12.7 Å². The summed E-state index contributed by atoms with van der Waals surface area (Å²) in [5, 5.41) is 0.977. The first-order chi connectivity index (χ1) is 6.08. The number of ether oxygens (including phenoxy) is 1. The molecule has 0 radical (unpaired) electrons. The summed E-state index contributed by atoms with van der Waals surface area (Å²) in [6.07, 6.45) is 2.04. The Hall–Kier alpha value is -0.194. The standard InChI is InChI=1S/C4H8Cl.C4H5O2.Co.O/c1-3-4(2)5;1-3-4(5)6-2;;/h3H2,1-2H3;3H,1-2H2;;/q2*-1;;. The molecule has 0 aromatic heterocycles. The fourth-order valence-corrected chi connectivity index (χ4v) is 0.0589. The van der Waals surface area contributed by atoms with Gasteiger partial charge in [0.25, 0.3) is 5.97 Å². The van der Waals surface area contributed by atoms with Gasteiger partial charge >= 0.3 is 19.5 Å². The van der Waals surface area contributed by atoms with Gasteiger partial charge in [-0.15, -0.1) is 0 Å². The van der Waals surface area contributed by atoms with E-state index < -0.39 is 5.97 Å². The number of carbonyl (C=O) groups excluding carboxylic acids is 1. The summed E-state index contributed by atoms with van der Waals surface area (Å²) in [5.41, 5.74) is 0. The fraction of sp³-hybridized carbons (Fsp3) is 0.375. The van der Waals surface area contributed by atoms with Crippen molar-refractivity contribution < 1.29 is 29.1 Å². The van der Waals surface area contributed by atoms with Crippen LogP contribution in [-0.4, -0.2) is 5.97 Å². The average Bonchev–Trinajstić information content (AvgIpc) is 2.20. The second kappa shape index (κ2) is 17.8. The number of halogens is 1. The molecule has 0 saturated heterocycles. The monoisotopic (exact) mass is 251 g/mol. The van der Waals surface area contributed by atoms with Crippen molar-refractivity contribution in [3.63, 3.8) is 0 Å². The molecule has 0 atom stereocenters. The van der Waals surface area contributed by atoms with Crippen molar-refractivity contribution in [3.8, 4) is 0 Å². The van der Waals surface area contributed by atoms with Gasteiger partial charge in [-0.3, -0.25) is 0 Å². The summed E-state index contributed by atoms with van der Waals surface area (Å²) >= 11 is 7.69. The van der Waals surface area contributed by atoms with Gasteiger partial charge in [0.15, 0.2) is 0 Å². The molecule has 0 amide bonds. The minimum atomic E-state index is -0.505. The van der Waals surface area contributed by atoms with Crippen molar-refractivity contribution in [2.24, 2.45) is 0 Å². The van der Waals surface area contributed by atoms with Crippen molar-refractivity contribution in [1.29, 1.82) is 0 Å². The van der Waals surface area contributed by atoms with E-state index in [-0.39, 0.29) is 0 Å². The van der Waals surface area contributed by atoms with E-state index in [4.69, 9.17) is 15.5 Å². The van der Waals surface area contributed by atoms with Crippen molar-refractivity contribution >= 4 is 17.6 Å². The predicted octanol–water partition coefficient (Wildman–Crippen LogP) is 2.57. The van der Waals surface area contributed by atoms with E-state index in [0.29, 0.717) is 0 Å². The first-order valence-corrected chi connectivity index (χ1v) is 4.08. The SMILES string of the molecule is C=CC(=O)O[CH2-].CC[C-](C)Cl.[O]=[Co]. The Morgan fingerprint density at radius 3 is 2.08 bits per heavy atom. The Kier molecular flexibility index (Phi) is 25.4. The van der Waals surface area contributed by atoms with E-state index in [1.165, 1.54) is 0 Å². The molecule has 0 aliphatic heterocycles. The molecule has 0 bridgehead atoms. The van der Waals surface area contributed by atoms with Crippen LogP contribution >= 0.6 is 11.6 Å². The third kappa shape index (κ3) is 33.7. The molecule has 81 valence electrons. The van der Waals surface area contributed by atoms with Crippen LogP contribution in [-0.2, 0) is 29.1 Å². The van der Waals surface area contributed by atoms with Crippen LogP contribution in [0.2, 0.25) is 0 Å². The third-order valence-corrected chi connectivity index (χ3v) is 1.06. The average molecular weight is 252 g/mol. The first-order valence-electron chi connectivity index (χ1n) is 3.28. The Morgan fingerprint density at radius 1 is 1.77 bits per heavy atom. The summed E-state index contributed by atoms with van der Waals surface area (Å²) in [6, 6.07) is 0. The second-order valence-corrected chi connectivity index (χ2v) is 2.34. The normalized spacial score (nSPS) is 7.23. The van der Waals surface area contributed by atoms with Crippen LogP contribution < -0.4 is 0 Å². The molecule has 5 heteroatoms. The van der Waals surface area contributed by atoms with E-state index in [2.05, 4.69) is 34.1 Å². The zero-order chi connectivity index (χ0) is 11.3. The molecule has 0 aliphatic rings. The van der Waals surface area contributed by atoms with Gasteiger partial charge in [-0.25, -0.2) is 10.2 Å².